The molecule has 2 rings (SSSR count). The maximum atomic E-state index is 13.6. The van der Waals surface area contributed by atoms with Crippen LogP contribution in [0.1, 0.15) is 37.3 Å². The first-order chi connectivity index (χ1) is 8.61. The van der Waals surface area contributed by atoms with Crippen LogP contribution in [0.5, 0.6) is 0 Å². The Labute approximate surface area is 104 Å². The number of aliphatic hydroxyl groups excluding tert-OH is 1. The first kappa shape index (κ1) is 13.4. The third-order valence-electron chi connectivity index (χ3n) is 3.39. The van der Waals surface area contributed by atoms with Gasteiger partial charge >= 0.3 is 0 Å². The zero-order valence-corrected chi connectivity index (χ0v) is 9.93. The number of halogens is 3. The first-order valence-electron chi connectivity index (χ1n) is 6.13. The van der Waals surface area contributed by atoms with Crippen molar-refractivity contribution in [2.24, 2.45) is 0 Å². The number of benzene rings is 1. The van der Waals surface area contributed by atoms with Crippen LogP contribution in [-0.2, 0) is 0 Å². The van der Waals surface area contributed by atoms with Gasteiger partial charge in [-0.3, -0.25) is 0 Å². The van der Waals surface area contributed by atoms with Gasteiger partial charge in [-0.15, -0.1) is 0 Å². The molecule has 1 fully saturated rings. The van der Waals surface area contributed by atoms with E-state index in [4.69, 9.17) is 0 Å². The molecule has 1 aromatic rings. The maximum absolute atomic E-state index is 13.6. The molecule has 1 unspecified atom stereocenters. The lowest BCUT2D eigenvalue weighted by atomic mass is 10.0. The lowest BCUT2D eigenvalue weighted by Gasteiger charge is -2.22. The minimum absolute atomic E-state index is 0.0247. The maximum Gasteiger partial charge on any atom is 0.161 e. The van der Waals surface area contributed by atoms with Crippen LogP contribution in [0.3, 0.4) is 0 Å². The van der Waals surface area contributed by atoms with E-state index < -0.39 is 23.5 Å². The van der Waals surface area contributed by atoms with E-state index in [9.17, 15) is 18.3 Å². The van der Waals surface area contributed by atoms with Gasteiger partial charge in [0, 0.05) is 17.7 Å². The molecule has 0 saturated heterocycles. The van der Waals surface area contributed by atoms with Crippen LogP contribution in [0.4, 0.5) is 13.2 Å². The molecule has 0 amide bonds. The molecular weight excluding hydrogens is 243 g/mol. The summed E-state index contributed by atoms with van der Waals surface area (Å²) >= 11 is 0. The van der Waals surface area contributed by atoms with Gasteiger partial charge in [0.2, 0.25) is 0 Å². The molecule has 1 saturated carbocycles. The zero-order valence-electron chi connectivity index (χ0n) is 9.93. The van der Waals surface area contributed by atoms with Crippen LogP contribution in [0, 0.1) is 17.5 Å². The molecule has 100 valence electrons. The lowest BCUT2D eigenvalue weighted by Crippen LogP contribution is -2.33. The molecule has 0 aliphatic heterocycles. The topological polar surface area (TPSA) is 32.3 Å². The third kappa shape index (κ3) is 2.84. The second-order valence-corrected chi connectivity index (χ2v) is 4.67. The summed E-state index contributed by atoms with van der Waals surface area (Å²) in [5.41, 5.74) is -0.0247. The smallest absolute Gasteiger partial charge is 0.161 e. The molecule has 0 aromatic heterocycles. The van der Waals surface area contributed by atoms with Gasteiger partial charge in [-0.2, -0.15) is 0 Å². The highest BCUT2D eigenvalue weighted by atomic mass is 19.2. The van der Waals surface area contributed by atoms with E-state index in [1.165, 1.54) is 0 Å². The summed E-state index contributed by atoms with van der Waals surface area (Å²) in [5, 5.41) is 12.4. The van der Waals surface area contributed by atoms with Crippen LogP contribution in [0.2, 0.25) is 0 Å². The minimum Gasteiger partial charge on any atom is -0.394 e. The molecule has 0 spiro atoms. The Kier molecular flexibility index (Phi) is 4.24. The van der Waals surface area contributed by atoms with Crippen molar-refractivity contribution in [3.05, 3.63) is 35.1 Å². The molecule has 0 bridgehead atoms. The summed E-state index contributed by atoms with van der Waals surface area (Å²) in [6, 6.07) is 0.842. The monoisotopic (exact) mass is 259 g/mol. The van der Waals surface area contributed by atoms with Gasteiger partial charge in [0.15, 0.2) is 11.6 Å². The summed E-state index contributed by atoms with van der Waals surface area (Å²) < 4.78 is 39.5. The summed E-state index contributed by atoms with van der Waals surface area (Å²) in [5.74, 6) is -3.15. The van der Waals surface area contributed by atoms with E-state index in [-0.39, 0.29) is 18.2 Å². The van der Waals surface area contributed by atoms with Gasteiger partial charge in [0.25, 0.3) is 0 Å². The molecule has 18 heavy (non-hydrogen) atoms. The van der Waals surface area contributed by atoms with Crippen molar-refractivity contribution < 1.29 is 18.3 Å². The highest BCUT2D eigenvalue weighted by molar-refractivity contribution is 5.23. The van der Waals surface area contributed by atoms with Crippen molar-refractivity contribution in [1.82, 2.24) is 5.32 Å². The average molecular weight is 259 g/mol. The largest absolute Gasteiger partial charge is 0.394 e. The first-order valence-corrected chi connectivity index (χ1v) is 6.13. The lowest BCUT2D eigenvalue weighted by molar-refractivity contribution is 0.229. The molecule has 1 aliphatic carbocycles. The van der Waals surface area contributed by atoms with Crippen molar-refractivity contribution in [2.45, 2.75) is 37.8 Å². The van der Waals surface area contributed by atoms with E-state index in [2.05, 4.69) is 5.32 Å². The van der Waals surface area contributed by atoms with Crippen molar-refractivity contribution in [1.29, 1.82) is 0 Å². The predicted molar refractivity (Wildman–Crippen MR) is 61.5 cm³/mol. The standard InChI is InChI=1S/C13H16F3NO/c14-10-6-12(16)11(15)5-9(10)13(7-18)17-8-3-1-2-4-8/h5-6,8,13,17-18H,1-4,7H2. The Morgan fingerprint density at radius 1 is 1.11 bits per heavy atom. The predicted octanol–water partition coefficient (Wildman–Crippen LogP) is 2.67. The summed E-state index contributed by atoms with van der Waals surface area (Å²) in [6.45, 7) is -0.349. The van der Waals surface area contributed by atoms with Gasteiger partial charge in [-0.25, -0.2) is 13.2 Å². The third-order valence-corrected chi connectivity index (χ3v) is 3.39. The molecule has 2 N–H and O–H groups in total. The van der Waals surface area contributed by atoms with Crippen molar-refractivity contribution in [3.8, 4) is 0 Å². The van der Waals surface area contributed by atoms with E-state index in [1.807, 2.05) is 0 Å². The van der Waals surface area contributed by atoms with Gasteiger partial charge in [0.1, 0.15) is 5.82 Å². The van der Waals surface area contributed by atoms with Crippen molar-refractivity contribution >= 4 is 0 Å². The van der Waals surface area contributed by atoms with Crippen LogP contribution < -0.4 is 5.32 Å². The zero-order chi connectivity index (χ0) is 13.1. The highest BCUT2D eigenvalue weighted by Crippen LogP contribution is 2.24. The van der Waals surface area contributed by atoms with Crippen LogP contribution in [0.25, 0.3) is 0 Å². The molecular formula is C13H16F3NO. The molecule has 1 atom stereocenters. The fourth-order valence-electron chi connectivity index (χ4n) is 2.42. The fraction of sp³-hybridized carbons (Fsp3) is 0.538. The summed E-state index contributed by atoms with van der Waals surface area (Å²) in [4.78, 5) is 0. The average Bonchev–Trinajstić information content (AvgIpc) is 2.84. The molecule has 0 heterocycles. The molecule has 5 heteroatoms. The quantitative estimate of drug-likeness (QED) is 0.815. The fourth-order valence-corrected chi connectivity index (χ4v) is 2.42. The Bertz CT molecular complexity index is 419. The SMILES string of the molecule is OCC(NC1CCCC1)c1cc(F)c(F)cc1F. The minimum atomic E-state index is -1.21. The van der Waals surface area contributed by atoms with Gasteiger partial charge in [0.05, 0.1) is 12.6 Å². The second-order valence-electron chi connectivity index (χ2n) is 4.67. The van der Waals surface area contributed by atoms with Gasteiger partial charge in [-0.05, 0) is 18.9 Å². The highest BCUT2D eigenvalue weighted by Gasteiger charge is 2.23. The van der Waals surface area contributed by atoms with E-state index in [1.54, 1.807) is 0 Å². The normalized spacial score (nSPS) is 18.2. The molecule has 1 aliphatic rings. The van der Waals surface area contributed by atoms with Crippen LogP contribution in [-0.4, -0.2) is 17.8 Å². The van der Waals surface area contributed by atoms with E-state index in [0.29, 0.717) is 6.07 Å². The van der Waals surface area contributed by atoms with Crippen molar-refractivity contribution in [3.63, 3.8) is 0 Å². The van der Waals surface area contributed by atoms with Gasteiger partial charge < -0.3 is 10.4 Å². The Morgan fingerprint density at radius 2 is 1.72 bits per heavy atom. The Morgan fingerprint density at radius 3 is 2.33 bits per heavy atom. The second kappa shape index (κ2) is 5.71. The van der Waals surface area contributed by atoms with Crippen LogP contribution >= 0.6 is 0 Å². The summed E-state index contributed by atoms with van der Waals surface area (Å²) in [7, 11) is 0. The molecule has 1 aromatic carbocycles. The van der Waals surface area contributed by atoms with E-state index in [0.717, 1.165) is 31.7 Å². The number of hydrogen-bond acceptors (Lipinski definition) is 2. The Balaban J connectivity index is 2.18. The van der Waals surface area contributed by atoms with Crippen LogP contribution in [0.15, 0.2) is 12.1 Å². The Hall–Kier alpha value is -1.07. The number of nitrogens with one attached hydrogen (secondary N) is 1. The number of rotatable bonds is 4. The van der Waals surface area contributed by atoms with Crippen molar-refractivity contribution in [2.75, 3.05) is 6.61 Å². The summed E-state index contributed by atoms with van der Waals surface area (Å²) in [6.07, 6.45) is 4.11. The molecule has 2 nitrogen and oxygen atoms in total. The molecule has 0 radical (unpaired) electrons. The number of hydrogen-bond donors (Lipinski definition) is 2. The van der Waals surface area contributed by atoms with Gasteiger partial charge in [-0.1, -0.05) is 12.8 Å². The van der Waals surface area contributed by atoms with E-state index >= 15 is 0 Å². The number of aliphatic hydroxyl groups is 1.